The molecule has 5 heteroatoms. The van der Waals surface area contributed by atoms with E-state index in [9.17, 15) is 4.79 Å². The minimum atomic E-state index is -0.0132. The Bertz CT molecular complexity index is 413. The molecule has 1 aromatic rings. The summed E-state index contributed by atoms with van der Waals surface area (Å²) in [5.74, 6) is 0.210. The zero-order chi connectivity index (χ0) is 12.4. The zero-order valence-electron chi connectivity index (χ0n) is 10.7. The number of likely N-dealkylation sites (tertiary alicyclic amines) is 1. The fourth-order valence-corrected chi connectivity index (χ4v) is 2.27. The fourth-order valence-electron chi connectivity index (χ4n) is 2.27. The van der Waals surface area contributed by atoms with E-state index in [1.165, 1.54) is 0 Å². The minimum absolute atomic E-state index is 0.0132. The van der Waals surface area contributed by atoms with Crippen LogP contribution in [0.4, 0.5) is 0 Å². The summed E-state index contributed by atoms with van der Waals surface area (Å²) in [5.41, 5.74) is 2.27. The van der Waals surface area contributed by atoms with Gasteiger partial charge in [0.25, 0.3) is 0 Å². The molecule has 17 heavy (non-hydrogen) atoms. The summed E-state index contributed by atoms with van der Waals surface area (Å²) in [6.07, 6.45) is 3.86. The Labute approximate surface area is 102 Å². The number of aryl methyl sites for hydroxylation is 1. The second kappa shape index (κ2) is 4.87. The zero-order valence-corrected chi connectivity index (χ0v) is 10.7. The van der Waals surface area contributed by atoms with E-state index in [0.29, 0.717) is 6.54 Å². The van der Waals surface area contributed by atoms with Gasteiger partial charge >= 0.3 is 0 Å². The van der Waals surface area contributed by atoms with E-state index in [1.54, 1.807) is 0 Å². The van der Waals surface area contributed by atoms with E-state index in [2.05, 4.69) is 10.4 Å². The molecule has 0 saturated carbocycles. The van der Waals surface area contributed by atoms with Crippen LogP contribution in [0, 0.1) is 6.92 Å². The number of nitrogens with zero attached hydrogens (tertiary/aromatic N) is 3. The van der Waals surface area contributed by atoms with Gasteiger partial charge < -0.3 is 10.2 Å². The third-order valence-corrected chi connectivity index (χ3v) is 3.58. The maximum Gasteiger partial charge on any atom is 0.239 e. The van der Waals surface area contributed by atoms with Gasteiger partial charge in [0, 0.05) is 31.4 Å². The predicted molar refractivity (Wildman–Crippen MR) is 65.4 cm³/mol. The van der Waals surface area contributed by atoms with Crippen LogP contribution in [0.5, 0.6) is 0 Å². The molecule has 1 unspecified atom stereocenters. The number of nitrogens with one attached hydrogen (secondary N) is 1. The normalized spacial score (nSPS) is 21.0. The van der Waals surface area contributed by atoms with Crippen LogP contribution < -0.4 is 5.32 Å². The van der Waals surface area contributed by atoms with Crippen LogP contribution in [0.2, 0.25) is 0 Å². The molecule has 2 rings (SSSR count). The van der Waals surface area contributed by atoms with Gasteiger partial charge in [-0.25, -0.2) is 0 Å². The van der Waals surface area contributed by atoms with Crippen LogP contribution in [-0.4, -0.2) is 40.2 Å². The number of carbonyl (C=O) groups excluding carboxylic acids is 1. The minimum Gasteiger partial charge on any atom is -0.337 e. The van der Waals surface area contributed by atoms with Crippen molar-refractivity contribution in [1.82, 2.24) is 20.0 Å². The Balaban J connectivity index is 2.08. The van der Waals surface area contributed by atoms with E-state index in [4.69, 9.17) is 0 Å². The van der Waals surface area contributed by atoms with Crippen LogP contribution >= 0.6 is 0 Å². The van der Waals surface area contributed by atoms with Gasteiger partial charge in [0.2, 0.25) is 5.91 Å². The van der Waals surface area contributed by atoms with Crippen molar-refractivity contribution < 1.29 is 4.79 Å². The monoisotopic (exact) mass is 236 g/mol. The summed E-state index contributed by atoms with van der Waals surface area (Å²) in [5, 5.41) is 7.29. The largest absolute Gasteiger partial charge is 0.337 e. The van der Waals surface area contributed by atoms with Crippen LogP contribution in [0.1, 0.15) is 24.1 Å². The van der Waals surface area contributed by atoms with E-state index < -0.39 is 0 Å². The topological polar surface area (TPSA) is 50.2 Å². The Morgan fingerprint density at radius 2 is 2.35 bits per heavy atom. The summed E-state index contributed by atoms with van der Waals surface area (Å²) in [4.78, 5) is 14.0. The molecule has 94 valence electrons. The lowest BCUT2D eigenvalue weighted by atomic mass is 10.0. The highest BCUT2D eigenvalue weighted by Crippen LogP contribution is 2.16. The maximum atomic E-state index is 12.1. The Morgan fingerprint density at radius 3 is 2.94 bits per heavy atom. The highest BCUT2D eigenvalue weighted by molar-refractivity contribution is 5.82. The predicted octanol–water partition coefficient (Wildman–Crippen LogP) is 0.439. The van der Waals surface area contributed by atoms with E-state index >= 15 is 0 Å². The Morgan fingerprint density at radius 1 is 1.59 bits per heavy atom. The summed E-state index contributed by atoms with van der Waals surface area (Å²) in [6.45, 7) is 3.56. The lowest BCUT2D eigenvalue weighted by Crippen LogP contribution is -2.49. The van der Waals surface area contributed by atoms with Gasteiger partial charge in [0.15, 0.2) is 0 Å². The van der Waals surface area contributed by atoms with Gasteiger partial charge in [-0.05, 0) is 26.8 Å². The second-order valence-electron chi connectivity index (χ2n) is 4.62. The van der Waals surface area contributed by atoms with Gasteiger partial charge in [-0.3, -0.25) is 9.48 Å². The molecule has 0 radical (unpaired) electrons. The molecule has 0 aliphatic carbocycles. The maximum absolute atomic E-state index is 12.1. The molecule has 1 amide bonds. The van der Waals surface area contributed by atoms with Gasteiger partial charge in [0.1, 0.15) is 0 Å². The van der Waals surface area contributed by atoms with Crippen molar-refractivity contribution in [2.45, 2.75) is 32.4 Å². The molecule has 1 atom stereocenters. The quantitative estimate of drug-likeness (QED) is 0.828. The average Bonchev–Trinajstić information content (AvgIpc) is 2.64. The van der Waals surface area contributed by atoms with Crippen molar-refractivity contribution in [2.75, 3.05) is 13.6 Å². The van der Waals surface area contributed by atoms with Crippen molar-refractivity contribution in [3.63, 3.8) is 0 Å². The Hall–Kier alpha value is -1.36. The number of piperidine rings is 1. The number of amides is 1. The molecule has 0 aromatic carbocycles. The molecule has 1 N–H and O–H groups in total. The van der Waals surface area contributed by atoms with Crippen molar-refractivity contribution in [1.29, 1.82) is 0 Å². The molecule has 1 fully saturated rings. The van der Waals surface area contributed by atoms with Crippen LogP contribution in [0.15, 0.2) is 6.20 Å². The van der Waals surface area contributed by atoms with Gasteiger partial charge in [-0.2, -0.15) is 5.10 Å². The van der Waals surface area contributed by atoms with Crippen molar-refractivity contribution in [3.8, 4) is 0 Å². The number of carbonyl (C=O) groups is 1. The van der Waals surface area contributed by atoms with Gasteiger partial charge in [0.05, 0.1) is 12.2 Å². The van der Waals surface area contributed by atoms with E-state index in [-0.39, 0.29) is 11.9 Å². The van der Waals surface area contributed by atoms with Gasteiger partial charge in [-0.15, -0.1) is 0 Å². The van der Waals surface area contributed by atoms with Crippen LogP contribution in [-0.2, 0) is 18.4 Å². The third-order valence-electron chi connectivity index (χ3n) is 3.58. The number of aromatic nitrogens is 2. The first kappa shape index (κ1) is 12.1. The molecule has 5 nitrogen and oxygen atoms in total. The van der Waals surface area contributed by atoms with Crippen LogP contribution in [0.25, 0.3) is 0 Å². The first-order chi connectivity index (χ1) is 8.13. The molecular formula is C12H20N4O. The summed E-state index contributed by atoms with van der Waals surface area (Å²) in [6, 6.07) is -0.0132. The highest BCUT2D eigenvalue weighted by atomic mass is 16.2. The Kier molecular flexibility index (Phi) is 3.47. The average molecular weight is 236 g/mol. The van der Waals surface area contributed by atoms with E-state index in [1.807, 2.05) is 36.8 Å². The summed E-state index contributed by atoms with van der Waals surface area (Å²) in [7, 11) is 3.77. The molecule has 1 aliphatic rings. The number of rotatable bonds is 3. The van der Waals surface area contributed by atoms with Gasteiger partial charge in [-0.1, -0.05) is 0 Å². The molecular weight excluding hydrogens is 216 g/mol. The first-order valence-corrected chi connectivity index (χ1v) is 6.07. The number of hydrogen-bond acceptors (Lipinski definition) is 3. The van der Waals surface area contributed by atoms with Crippen molar-refractivity contribution in [2.24, 2.45) is 7.05 Å². The van der Waals surface area contributed by atoms with Crippen molar-refractivity contribution in [3.05, 3.63) is 17.5 Å². The molecule has 1 aromatic heterocycles. The third kappa shape index (κ3) is 2.34. The number of likely N-dealkylation sites (N-methyl/N-ethyl adjacent to an activating group) is 1. The molecule has 1 aliphatic heterocycles. The SMILES string of the molecule is CNC1CCCN(Cc2cnn(C)c2C)C1=O. The molecule has 1 saturated heterocycles. The highest BCUT2D eigenvalue weighted by Gasteiger charge is 2.27. The lowest BCUT2D eigenvalue weighted by molar-refractivity contribution is -0.136. The molecule has 0 spiro atoms. The summed E-state index contributed by atoms with van der Waals surface area (Å²) >= 11 is 0. The number of hydrogen-bond donors (Lipinski definition) is 1. The molecule has 2 heterocycles. The van der Waals surface area contributed by atoms with Crippen molar-refractivity contribution >= 4 is 5.91 Å². The standard InChI is InChI=1S/C12H20N4O/c1-9-10(7-14-15(9)3)8-16-6-4-5-11(13-2)12(16)17/h7,11,13H,4-6,8H2,1-3H3. The van der Waals surface area contributed by atoms with Crippen LogP contribution in [0.3, 0.4) is 0 Å². The lowest BCUT2D eigenvalue weighted by Gasteiger charge is -2.32. The molecule has 0 bridgehead atoms. The smallest absolute Gasteiger partial charge is 0.239 e. The summed E-state index contributed by atoms with van der Waals surface area (Å²) < 4.78 is 1.85. The first-order valence-electron chi connectivity index (χ1n) is 6.07. The van der Waals surface area contributed by atoms with E-state index in [0.717, 1.165) is 30.6 Å². The fraction of sp³-hybridized carbons (Fsp3) is 0.667. The second-order valence-corrected chi connectivity index (χ2v) is 4.62.